The molecule has 0 amide bonds. The van der Waals surface area contributed by atoms with Gasteiger partial charge in [-0.15, -0.1) is 0 Å². The molecule has 0 saturated heterocycles. The van der Waals surface area contributed by atoms with Gasteiger partial charge in [0.05, 0.1) is 23.3 Å². The first kappa shape index (κ1) is 34.7. The molecule has 0 aliphatic carbocycles. The fourth-order valence-electron chi connectivity index (χ4n) is 2.24. The SMILES string of the molecule is CCCSP(=O)(OCC)Oc1ccc(Br)cc1Cl.CCCSP(=O)(OCC)Oc1ccc(Br)cc1Cl. The zero-order valence-corrected chi connectivity index (χ0v) is 28.5. The molecule has 14 heteroatoms. The van der Waals surface area contributed by atoms with Crippen LogP contribution < -0.4 is 9.05 Å². The third-order valence-corrected chi connectivity index (χ3v) is 13.1. The van der Waals surface area contributed by atoms with Gasteiger partial charge in [0.2, 0.25) is 0 Å². The average Bonchev–Trinajstić information content (AvgIpc) is 2.81. The fourth-order valence-corrected chi connectivity index (χ4v) is 10.7. The summed E-state index contributed by atoms with van der Waals surface area (Å²) in [4.78, 5) is 0. The minimum absolute atomic E-state index is 0.335. The summed E-state index contributed by atoms with van der Waals surface area (Å²) in [6.07, 6.45) is 1.80. The Hall–Kier alpha value is 0.660. The molecule has 0 saturated carbocycles. The Morgan fingerprint density at radius 2 is 1.08 bits per heavy atom. The van der Waals surface area contributed by atoms with Crippen LogP contribution in [0.4, 0.5) is 0 Å². The molecule has 204 valence electrons. The van der Waals surface area contributed by atoms with Crippen molar-refractivity contribution in [2.24, 2.45) is 0 Å². The number of rotatable bonds is 14. The molecule has 0 N–H and O–H groups in total. The van der Waals surface area contributed by atoms with E-state index < -0.39 is 13.6 Å². The molecule has 0 radical (unpaired) electrons. The Kier molecular flexibility index (Phi) is 17.4. The maximum atomic E-state index is 12.4. The zero-order chi connectivity index (χ0) is 27.2. The molecular weight excluding hydrogens is 717 g/mol. The van der Waals surface area contributed by atoms with Crippen molar-refractivity contribution in [1.29, 1.82) is 0 Å². The molecule has 0 aliphatic rings. The lowest BCUT2D eigenvalue weighted by Crippen LogP contribution is -1.96. The van der Waals surface area contributed by atoms with Gasteiger partial charge < -0.3 is 9.05 Å². The molecule has 0 bridgehead atoms. The largest absolute Gasteiger partial charge is 0.440 e. The highest BCUT2D eigenvalue weighted by Crippen LogP contribution is 2.61. The first-order valence-corrected chi connectivity index (χ1v) is 19.7. The van der Waals surface area contributed by atoms with E-state index in [4.69, 9.17) is 41.3 Å². The molecule has 0 fully saturated rings. The van der Waals surface area contributed by atoms with Crippen LogP contribution >= 0.6 is 91.4 Å². The van der Waals surface area contributed by atoms with Gasteiger partial charge in [0.1, 0.15) is 11.5 Å². The van der Waals surface area contributed by atoms with E-state index in [0.29, 0.717) is 46.3 Å². The van der Waals surface area contributed by atoms with E-state index in [1.165, 1.54) is 22.8 Å². The molecule has 0 heterocycles. The van der Waals surface area contributed by atoms with Gasteiger partial charge in [0, 0.05) is 20.5 Å². The summed E-state index contributed by atoms with van der Waals surface area (Å²) in [6, 6.07) is 10.3. The molecule has 2 aromatic carbocycles. The lowest BCUT2D eigenvalue weighted by Gasteiger charge is -2.18. The quantitative estimate of drug-likeness (QED) is 0.177. The van der Waals surface area contributed by atoms with Gasteiger partial charge in [-0.05, 0) is 85.9 Å². The van der Waals surface area contributed by atoms with E-state index in [9.17, 15) is 9.13 Å². The minimum Gasteiger partial charge on any atom is -0.415 e. The predicted octanol–water partition coefficient (Wildman–Crippen LogP) is 11.5. The lowest BCUT2D eigenvalue weighted by atomic mass is 10.3. The number of hydrogen-bond donors (Lipinski definition) is 0. The van der Waals surface area contributed by atoms with Crippen LogP contribution in [0.15, 0.2) is 45.3 Å². The Balaban J connectivity index is 0.000000360. The number of halogens is 4. The fraction of sp³-hybridized carbons (Fsp3) is 0.455. The van der Waals surface area contributed by atoms with Crippen LogP contribution in [0.2, 0.25) is 10.0 Å². The normalized spacial score (nSPS) is 14.2. The van der Waals surface area contributed by atoms with Crippen LogP contribution in [0.5, 0.6) is 11.5 Å². The van der Waals surface area contributed by atoms with Crippen molar-refractivity contribution in [3.05, 3.63) is 55.4 Å². The van der Waals surface area contributed by atoms with Crippen molar-refractivity contribution < 1.29 is 27.2 Å². The molecular formula is C22H30Br2Cl2O6P2S2. The lowest BCUT2D eigenvalue weighted by molar-refractivity contribution is 0.295. The number of hydrogen-bond acceptors (Lipinski definition) is 8. The molecule has 6 nitrogen and oxygen atoms in total. The zero-order valence-electron chi connectivity index (χ0n) is 20.4. The van der Waals surface area contributed by atoms with Crippen molar-refractivity contribution in [1.82, 2.24) is 0 Å². The van der Waals surface area contributed by atoms with E-state index in [0.717, 1.165) is 21.8 Å². The molecule has 2 unspecified atom stereocenters. The second-order valence-corrected chi connectivity index (χ2v) is 17.6. The maximum Gasteiger partial charge on any atom is 0.440 e. The highest BCUT2D eigenvalue weighted by Gasteiger charge is 2.28. The van der Waals surface area contributed by atoms with Gasteiger partial charge in [0.15, 0.2) is 0 Å². The molecule has 36 heavy (non-hydrogen) atoms. The summed E-state index contributed by atoms with van der Waals surface area (Å²) in [5, 5.41) is 0.808. The van der Waals surface area contributed by atoms with E-state index in [1.807, 2.05) is 13.8 Å². The van der Waals surface area contributed by atoms with Crippen LogP contribution in [0.3, 0.4) is 0 Å². The van der Waals surface area contributed by atoms with Gasteiger partial charge in [-0.25, -0.2) is 9.13 Å². The average molecular weight is 747 g/mol. The van der Waals surface area contributed by atoms with Gasteiger partial charge in [-0.2, -0.15) is 0 Å². The predicted molar refractivity (Wildman–Crippen MR) is 164 cm³/mol. The molecule has 2 rings (SSSR count). The van der Waals surface area contributed by atoms with Crippen molar-refractivity contribution in [3.63, 3.8) is 0 Å². The second kappa shape index (κ2) is 18.1. The Morgan fingerprint density at radius 3 is 1.36 bits per heavy atom. The summed E-state index contributed by atoms with van der Waals surface area (Å²) < 4.78 is 48.0. The van der Waals surface area contributed by atoms with Crippen LogP contribution in [0, 0.1) is 0 Å². The second-order valence-electron chi connectivity index (χ2n) is 6.73. The molecule has 2 aromatic rings. The van der Waals surface area contributed by atoms with Gasteiger partial charge in [-0.3, -0.25) is 9.05 Å². The minimum atomic E-state index is -3.18. The molecule has 2 atom stereocenters. The Labute approximate surface area is 249 Å². The van der Waals surface area contributed by atoms with Crippen molar-refractivity contribution in [3.8, 4) is 11.5 Å². The van der Waals surface area contributed by atoms with Crippen molar-refractivity contribution in [2.45, 2.75) is 40.5 Å². The van der Waals surface area contributed by atoms with Crippen molar-refractivity contribution >= 4 is 91.4 Å². The molecule has 0 aliphatic heterocycles. The van der Waals surface area contributed by atoms with E-state index in [-0.39, 0.29) is 0 Å². The Bertz CT molecular complexity index is 970. The molecule has 0 spiro atoms. The van der Waals surface area contributed by atoms with Crippen LogP contribution in [0.1, 0.15) is 40.5 Å². The van der Waals surface area contributed by atoms with E-state index in [2.05, 4.69) is 31.9 Å². The summed E-state index contributed by atoms with van der Waals surface area (Å²) in [5.74, 6) is 2.18. The number of benzene rings is 2. The summed E-state index contributed by atoms with van der Waals surface area (Å²) in [7, 11) is 0. The third kappa shape index (κ3) is 13.1. The highest BCUT2D eigenvalue weighted by atomic mass is 79.9. The van der Waals surface area contributed by atoms with Gasteiger partial charge in [-0.1, -0.05) is 68.9 Å². The summed E-state index contributed by atoms with van der Waals surface area (Å²) >= 11 is 21.1. The monoisotopic (exact) mass is 744 g/mol. The first-order valence-electron chi connectivity index (χ1n) is 11.1. The highest BCUT2D eigenvalue weighted by molar-refractivity contribution is 9.10. The van der Waals surface area contributed by atoms with Crippen LogP contribution in [0.25, 0.3) is 0 Å². The standard InChI is InChI=1S/2C11H15BrClO3PS/c2*1-3-7-18-17(14,15-4-2)16-11-6-5-9(12)8-10(11)13/h2*5-6,8H,3-4,7H2,1-2H3. The molecule has 0 aromatic heterocycles. The smallest absolute Gasteiger partial charge is 0.415 e. The van der Waals surface area contributed by atoms with Crippen LogP contribution in [-0.4, -0.2) is 24.7 Å². The van der Waals surface area contributed by atoms with E-state index >= 15 is 0 Å². The summed E-state index contributed by atoms with van der Waals surface area (Å²) in [5.41, 5.74) is 0. The summed E-state index contributed by atoms with van der Waals surface area (Å²) in [6.45, 7) is 1.89. The van der Waals surface area contributed by atoms with Crippen LogP contribution in [-0.2, 0) is 18.2 Å². The van der Waals surface area contributed by atoms with Gasteiger partial charge in [0.25, 0.3) is 0 Å². The topological polar surface area (TPSA) is 71.1 Å². The first-order chi connectivity index (χ1) is 17.0. The van der Waals surface area contributed by atoms with E-state index in [1.54, 1.807) is 50.2 Å². The maximum absolute atomic E-state index is 12.4. The van der Waals surface area contributed by atoms with Gasteiger partial charge >= 0.3 is 13.6 Å². The third-order valence-electron chi connectivity index (χ3n) is 3.69. The van der Waals surface area contributed by atoms with Crippen molar-refractivity contribution in [2.75, 3.05) is 24.7 Å². The Morgan fingerprint density at radius 1 is 0.722 bits per heavy atom.